The van der Waals surface area contributed by atoms with Gasteiger partial charge in [0, 0.05) is 5.92 Å². The molecule has 1 saturated heterocycles. The maximum Gasteiger partial charge on any atom is 0.226 e. The van der Waals surface area contributed by atoms with Crippen molar-refractivity contribution in [2.24, 2.45) is 11.8 Å². The molecule has 2 aromatic rings. The van der Waals surface area contributed by atoms with Crippen LogP contribution in [0.2, 0.25) is 5.28 Å². The van der Waals surface area contributed by atoms with Crippen LogP contribution in [0.15, 0.2) is 6.33 Å². The number of hydrogen-bond acceptors (Lipinski definition) is 5. The van der Waals surface area contributed by atoms with Gasteiger partial charge in [0.1, 0.15) is 11.7 Å². The first-order valence-corrected chi connectivity index (χ1v) is 7.21. The molecule has 0 amide bonds. The van der Waals surface area contributed by atoms with E-state index in [1.807, 2.05) is 4.57 Å². The third-order valence-corrected chi connectivity index (χ3v) is 4.45. The fourth-order valence-corrected chi connectivity index (χ4v) is 3.08. The van der Waals surface area contributed by atoms with Crippen molar-refractivity contribution < 1.29 is 4.74 Å². The maximum absolute atomic E-state index is 6.15. The Hall–Kier alpha value is -1.40. The molecule has 1 fully saturated rings. The number of fused-ring (bicyclic) bond motifs is 1. The molecule has 3 heterocycles. The van der Waals surface area contributed by atoms with Crippen LogP contribution in [0.1, 0.15) is 33.4 Å². The van der Waals surface area contributed by atoms with E-state index in [1.54, 1.807) is 6.33 Å². The molecule has 1 unspecified atom stereocenters. The predicted molar refractivity (Wildman–Crippen MR) is 77.3 cm³/mol. The fourth-order valence-electron chi connectivity index (χ4n) is 2.91. The molecule has 4 atom stereocenters. The van der Waals surface area contributed by atoms with E-state index in [2.05, 4.69) is 35.7 Å². The highest BCUT2D eigenvalue weighted by Crippen LogP contribution is 2.41. The smallest absolute Gasteiger partial charge is 0.226 e. The zero-order valence-electron chi connectivity index (χ0n) is 11.7. The summed E-state index contributed by atoms with van der Waals surface area (Å²) >= 11 is 5.90. The molecule has 6 nitrogen and oxygen atoms in total. The molecule has 108 valence electrons. The van der Waals surface area contributed by atoms with Gasteiger partial charge >= 0.3 is 0 Å². The molecule has 0 aliphatic carbocycles. The molecule has 1 aliphatic heterocycles. The third kappa shape index (κ3) is 1.94. The number of nitrogens with zero attached hydrogens (tertiary/aromatic N) is 4. The first-order valence-electron chi connectivity index (χ1n) is 6.84. The standard InChI is InChI=1S/C13H18ClN5O/c1-4-8-6(2)7(3)12(20-8)19-5-16-9-10(15)17-13(14)18-11(9)19/h5-8,12H,4H2,1-3H3,(H2,15,17,18)/t6-,7?,8-,12+/m1/s1. The van der Waals surface area contributed by atoms with Gasteiger partial charge in [0.25, 0.3) is 0 Å². The van der Waals surface area contributed by atoms with Crippen molar-refractivity contribution in [2.75, 3.05) is 5.73 Å². The Morgan fingerprint density at radius 3 is 2.75 bits per heavy atom. The number of aromatic nitrogens is 4. The molecule has 0 saturated carbocycles. The number of ether oxygens (including phenoxy) is 1. The third-order valence-electron chi connectivity index (χ3n) is 4.28. The molecule has 3 rings (SSSR count). The topological polar surface area (TPSA) is 78.9 Å². The van der Waals surface area contributed by atoms with E-state index in [0.717, 1.165) is 6.42 Å². The fraction of sp³-hybridized carbons (Fsp3) is 0.615. The zero-order chi connectivity index (χ0) is 14.4. The van der Waals surface area contributed by atoms with Gasteiger partial charge in [0.15, 0.2) is 11.5 Å². The van der Waals surface area contributed by atoms with Crippen molar-refractivity contribution in [3.63, 3.8) is 0 Å². The lowest BCUT2D eigenvalue weighted by atomic mass is 9.91. The Balaban J connectivity index is 2.07. The van der Waals surface area contributed by atoms with E-state index in [0.29, 0.717) is 28.8 Å². The lowest BCUT2D eigenvalue weighted by molar-refractivity contribution is -0.0120. The maximum atomic E-state index is 6.15. The molecule has 7 heteroatoms. The number of imidazole rings is 1. The van der Waals surface area contributed by atoms with Crippen molar-refractivity contribution in [1.82, 2.24) is 19.5 Å². The number of nitrogens with two attached hydrogens (primary N) is 1. The normalized spacial score (nSPS) is 30.2. The molecule has 0 spiro atoms. The van der Waals surface area contributed by atoms with Crippen LogP contribution in [-0.2, 0) is 4.74 Å². The second-order valence-corrected chi connectivity index (χ2v) is 5.73. The minimum Gasteiger partial charge on any atom is -0.382 e. The van der Waals surface area contributed by atoms with Crippen LogP contribution in [0.3, 0.4) is 0 Å². The van der Waals surface area contributed by atoms with Crippen molar-refractivity contribution >= 4 is 28.6 Å². The molecule has 2 N–H and O–H groups in total. The van der Waals surface area contributed by atoms with E-state index in [4.69, 9.17) is 22.1 Å². The molecule has 0 aromatic carbocycles. The first kappa shape index (κ1) is 13.6. The first-order chi connectivity index (χ1) is 9.52. The number of rotatable bonds is 2. The number of anilines is 1. The summed E-state index contributed by atoms with van der Waals surface area (Å²) in [6, 6.07) is 0. The highest BCUT2D eigenvalue weighted by molar-refractivity contribution is 6.28. The molecule has 1 aliphatic rings. The van der Waals surface area contributed by atoms with Gasteiger partial charge in [-0.1, -0.05) is 20.8 Å². The van der Waals surface area contributed by atoms with Crippen LogP contribution in [0.4, 0.5) is 5.82 Å². The van der Waals surface area contributed by atoms with Crippen LogP contribution >= 0.6 is 11.6 Å². The SMILES string of the molecule is CC[C@H]1O[C@H](n2cnc3c(N)nc(Cl)nc32)C(C)[C@H]1C. The van der Waals surface area contributed by atoms with Crippen molar-refractivity contribution in [3.8, 4) is 0 Å². The summed E-state index contributed by atoms with van der Waals surface area (Å²) in [4.78, 5) is 12.5. The van der Waals surface area contributed by atoms with Crippen LogP contribution in [0.25, 0.3) is 11.2 Å². The molecule has 2 aromatic heterocycles. The van der Waals surface area contributed by atoms with Crippen LogP contribution in [-0.4, -0.2) is 25.6 Å². The summed E-state index contributed by atoms with van der Waals surface area (Å²) in [6.07, 6.45) is 2.86. The minimum absolute atomic E-state index is 0.0923. The van der Waals surface area contributed by atoms with Gasteiger partial charge in [0.05, 0.1) is 12.4 Å². The van der Waals surface area contributed by atoms with Crippen LogP contribution < -0.4 is 5.73 Å². The van der Waals surface area contributed by atoms with E-state index in [1.165, 1.54) is 0 Å². The molecular weight excluding hydrogens is 278 g/mol. The average molecular weight is 296 g/mol. The summed E-state index contributed by atoms with van der Waals surface area (Å²) in [5, 5.41) is 0.127. The Kier molecular flexibility index (Phi) is 3.30. The zero-order valence-corrected chi connectivity index (χ0v) is 12.5. The Labute approximate surface area is 122 Å². The van der Waals surface area contributed by atoms with Gasteiger partial charge in [-0.25, -0.2) is 4.98 Å². The lowest BCUT2D eigenvalue weighted by Gasteiger charge is -2.18. The van der Waals surface area contributed by atoms with Crippen LogP contribution in [0, 0.1) is 11.8 Å². The van der Waals surface area contributed by atoms with Crippen molar-refractivity contribution in [3.05, 3.63) is 11.6 Å². The van der Waals surface area contributed by atoms with Crippen molar-refractivity contribution in [1.29, 1.82) is 0 Å². The average Bonchev–Trinajstić information content (AvgIpc) is 2.93. The van der Waals surface area contributed by atoms with Gasteiger partial charge in [-0.3, -0.25) is 4.57 Å². The summed E-state index contributed by atoms with van der Waals surface area (Å²) in [6.45, 7) is 6.54. The second-order valence-electron chi connectivity index (χ2n) is 5.39. The number of halogens is 1. The Bertz CT molecular complexity index is 643. The predicted octanol–water partition coefficient (Wildman–Crippen LogP) is 2.64. The quantitative estimate of drug-likeness (QED) is 0.862. The Morgan fingerprint density at radius 2 is 2.10 bits per heavy atom. The van der Waals surface area contributed by atoms with Crippen LogP contribution in [0.5, 0.6) is 0 Å². The van der Waals surface area contributed by atoms with Gasteiger partial charge in [0.2, 0.25) is 5.28 Å². The van der Waals surface area contributed by atoms with E-state index >= 15 is 0 Å². The summed E-state index contributed by atoms with van der Waals surface area (Å²) in [5.41, 5.74) is 7.03. The van der Waals surface area contributed by atoms with E-state index in [9.17, 15) is 0 Å². The summed E-state index contributed by atoms with van der Waals surface area (Å²) < 4.78 is 8.06. The number of nitrogen functional groups attached to an aromatic ring is 1. The van der Waals surface area contributed by atoms with Crippen molar-refractivity contribution in [2.45, 2.75) is 39.5 Å². The second kappa shape index (κ2) is 4.86. The summed E-state index contributed by atoms with van der Waals surface area (Å²) in [5.74, 6) is 1.15. The molecule has 20 heavy (non-hydrogen) atoms. The monoisotopic (exact) mass is 295 g/mol. The molecular formula is C13H18ClN5O. The van der Waals surface area contributed by atoms with E-state index < -0.39 is 0 Å². The van der Waals surface area contributed by atoms with E-state index in [-0.39, 0.29) is 17.6 Å². The van der Waals surface area contributed by atoms with Gasteiger partial charge < -0.3 is 10.5 Å². The minimum atomic E-state index is -0.0923. The van der Waals surface area contributed by atoms with Gasteiger partial charge in [-0.2, -0.15) is 9.97 Å². The van der Waals surface area contributed by atoms with Gasteiger partial charge in [-0.15, -0.1) is 0 Å². The largest absolute Gasteiger partial charge is 0.382 e. The highest BCUT2D eigenvalue weighted by atomic mass is 35.5. The lowest BCUT2D eigenvalue weighted by Crippen LogP contribution is -2.15. The Morgan fingerprint density at radius 1 is 1.35 bits per heavy atom. The summed E-state index contributed by atoms with van der Waals surface area (Å²) in [7, 11) is 0. The number of hydrogen-bond donors (Lipinski definition) is 1. The van der Waals surface area contributed by atoms with Gasteiger partial charge in [-0.05, 0) is 23.9 Å². The molecule has 0 radical (unpaired) electrons. The highest BCUT2D eigenvalue weighted by Gasteiger charge is 2.39. The molecule has 0 bridgehead atoms.